The summed E-state index contributed by atoms with van der Waals surface area (Å²) in [7, 11) is -3.53. The van der Waals surface area contributed by atoms with Crippen LogP contribution in [0, 0.1) is 0 Å². The molecule has 7 heteroatoms. The lowest BCUT2D eigenvalue weighted by Crippen LogP contribution is -2.07. The molecule has 0 saturated carbocycles. The Kier molecular flexibility index (Phi) is 2.63. The third-order valence-electron chi connectivity index (χ3n) is 0.853. The van der Waals surface area contributed by atoms with E-state index in [1.165, 1.54) is 12.4 Å². The molecule has 5 nitrogen and oxygen atoms in total. The molecule has 0 N–H and O–H groups in total. The Bertz CT molecular complexity index is 378. The maximum atomic E-state index is 10.6. The van der Waals surface area contributed by atoms with E-state index in [-0.39, 0.29) is 10.5 Å². The Morgan fingerprint density at radius 2 is 2.00 bits per heavy atom. The fourth-order valence-corrected chi connectivity index (χ4v) is 1.32. The normalized spacial score (nSPS) is 11.2. The predicted molar refractivity (Wildman–Crippen MR) is 45.2 cm³/mol. The van der Waals surface area contributed by atoms with E-state index < -0.39 is 10.1 Å². The monoisotopic (exact) mass is 252 g/mol. The fourth-order valence-electron chi connectivity index (χ4n) is 0.508. The molecule has 1 rings (SSSR count). The van der Waals surface area contributed by atoms with Gasteiger partial charge in [-0.25, -0.2) is 9.97 Å². The van der Waals surface area contributed by atoms with Gasteiger partial charge in [-0.3, -0.25) is 0 Å². The van der Waals surface area contributed by atoms with Crippen LogP contribution in [0.25, 0.3) is 0 Å². The Morgan fingerprint density at radius 3 is 2.50 bits per heavy atom. The van der Waals surface area contributed by atoms with Gasteiger partial charge in [0.25, 0.3) is 5.88 Å². The molecule has 1 heterocycles. The second-order valence-corrected chi connectivity index (χ2v) is 4.27. The highest BCUT2D eigenvalue weighted by molar-refractivity contribution is 9.10. The minimum atomic E-state index is -3.53. The van der Waals surface area contributed by atoms with Crippen LogP contribution in [0.3, 0.4) is 0 Å². The summed E-state index contributed by atoms with van der Waals surface area (Å²) in [5.74, 6) is -0.0556. The predicted octanol–water partition coefficient (Wildman–Crippen LogP) is 0.578. The summed E-state index contributed by atoms with van der Waals surface area (Å²) in [6.07, 6.45) is 3.69. The maximum absolute atomic E-state index is 10.6. The summed E-state index contributed by atoms with van der Waals surface area (Å²) in [5, 5.41) is 0. The molecular formula is C5H5BrN2O3S. The SMILES string of the molecule is CS(=O)(=O)Oc1nccnc1Br. The third-order valence-corrected chi connectivity index (χ3v) is 1.86. The zero-order valence-electron chi connectivity index (χ0n) is 6.06. The van der Waals surface area contributed by atoms with E-state index in [1.54, 1.807) is 0 Å². The van der Waals surface area contributed by atoms with Gasteiger partial charge in [0.05, 0.1) is 6.26 Å². The van der Waals surface area contributed by atoms with Crippen molar-refractivity contribution >= 4 is 26.0 Å². The molecule has 0 fully saturated rings. The van der Waals surface area contributed by atoms with Crippen LogP contribution in [0.5, 0.6) is 5.88 Å². The highest BCUT2D eigenvalue weighted by Gasteiger charge is 2.09. The Balaban J connectivity index is 2.98. The summed E-state index contributed by atoms with van der Waals surface area (Å²) in [5.41, 5.74) is 0. The quantitative estimate of drug-likeness (QED) is 0.721. The molecule has 0 aliphatic heterocycles. The van der Waals surface area contributed by atoms with Crippen molar-refractivity contribution in [2.45, 2.75) is 0 Å². The van der Waals surface area contributed by atoms with Crippen molar-refractivity contribution in [3.63, 3.8) is 0 Å². The molecule has 0 bridgehead atoms. The zero-order valence-corrected chi connectivity index (χ0v) is 8.46. The number of halogens is 1. The third kappa shape index (κ3) is 2.74. The number of rotatable bonds is 2. The highest BCUT2D eigenvalue weighted by atomic mass is 79.9. The molecule has 1 aromatic rings. The summed E-state index contributed by atoms with van der Waals surface area (Å²) in [4.78, 5) is 7.38. The van der Waals surface area contributed by atoms with Crippen molar-refractivity contribution in [3.8, 4) is 5.88 Å². The zero-order chi connectivity index (χ0) is 9.19. The van der Waals surface area contributed by atoms with Gasteiger partial charge in [0, 0.05) is 12.4 Å². The molecule has 0 aliphatic carbocycles. The lowest BCUT2D eigenvalue weighted by molar-refractivity contribution is 0.478. The van der Waals surface area contributed by atoms with Crippen molar-refractivity contribution in [1.29, 1.82) is 0 Å². The molecule has 66 valence electrons. The first kappa shape index (κ1) is 9.40. The molecular weight excluding hydrogens is 248 g/mol. The van der Waals surface area contributed by atoms with E-state index in [1.807, 2.05) is 0 Å². The van der Waals surface area contributed by atoms with Gasteiger partial charge in [0.1, 0.15) is 0 Å². The van der Waals surface area contributed by atoms with Crippen molar-refractivity contribution in [2.75, 3.05) is 6.26 Å². The van der Waals surface area contributed by atoms with E-state index in [2.05, 4.69) is 30.1 Å². The Hall–Kier alpha value is -0.690. The first-order valence-corrected chi connectivity index (χ1v) is 5.46. The lowest BCUT2D eigenvalue weighted by atomic mass is 10.7. The number of aromatic nitrogens is 2. The van der Waals surface area contributed by atoms with Crippen LogP contribution in [-0.4, -0.2) is 24.6 Å². The minimum absolute atomic E-state index is 0.0556. The van der Waals surface area contributed by atoms with Gasteiger partial charge in [-0.15, -0.1) is 0 Å². The van der Waals surface area contributed by atoms with E-state index in [0.717, 1.165) is 6.26 Å². The van der Waals surface area contributed by atoms with Crippen LogP contribution in [0.2, 0.25) is 0 Å². The van der Waals surface area contributed by atoms with Gasteiger partial charge >= 0.3 is 10.1 Å². The molecule has 1 aromatic heterocycles. The van der Waals surface area contributed by atoms with Crippen LogP contribution >= 0.6 is 15.9 Å². The average Bonchev–Trinajstić information content (AvgIpc) is 1.91. The second-order valence-electron chi connectivity index (χ2n) is 1.94. The molecule has 0 saturated heterocycles. The first-order chi connectivity index (χ1) is 5.49. The van der Waals surface area contributed by atoms with Gasteiger partial charge in [0.2, 0.25) is 0 Å². The van der Waals surface area contributed by atoms with Crippen molar-refractivity contribution in [3.05, 3.63) is 17.0 Å². The number of hydrogen-bond donors (Lipinski definition) is 0. The number of hydrogen-bond acceptors (Lipinski definition) is 5. The summed E-state index contributed by atoms with van der Waals surface area (Å²) >= 11 is 2.99. The van der Waals surface area contributed by atoms with E-state index in [4.69, 9.17) is 0 Å². The molecule has 0 amide bonds. The lowest BCUT2D eigenvalue weighted by Gasteiger charge is -2.01. The van der Waals surface area contributed by atoms with Crippen LogP contribution < -0.4 is 4.18 Å². The van der Waals surface area contributed by atoms with Gasteiger partial charge in [0.15, 0.2) is 4.60 Å². The molecule has 0 atom stereocenters. The topological polar surface area (TPSA) is 69.2 Å². The summed E-state index contributed by atoms with van der Waals surface area (Å²) in [6.45, 7) is 0. The van der Waals surface area contributed by atoms with Crippen molar-refractivity contribution in [1.82, 2.24) is 9.97 Å². The largest absolute Gasteiger partial charge is 0.359 e. The molecule has 0 radical (unpaired) electrons. The maximum Gasteiger partial charge on any atom is 0.307 e. The molecule has 0 spiro atoms. The van der Waals surface area contributed by atoms with Gasteiger partial charge in [-0.1, -0.05) is 0 Å². The summed E-state index contributed by atoms with van der Waals surface area (Å²) < 4.78 is 26.0. The molecule has 0 aliphatic rings. The standard InChI is InChI=1S/C5H5BrN2O3S/c1-12(9,10)11-5-4(6)7-2-3-8-5/h2-3H,1H3. The Morgan fingerprint density at radius 1 is 1.42 bits per heavy atom. The van der Waals surface area contributed by atoms with Gasteiger partial charge < -0.3 is 4.18 Å². The summed E-state index contributed by atoms with van der Waals surface area (Å²) in [6, 6.07) is 0. The molecule has 0 unspecified atom stereocenters. The van der Waals surface area contributed by atoms with Crippen LogP contribution in [0.15, 0.2) is 17.0 Å². The van der Waals surface area contributed by atoms with E-state index >= 15 is 0 Å². The Labute approximate surface area is 78.1 Å². The highest BCUT2D eigenvalue weighted by Crippen LogP contribution is 2.18. The molecule has 0 aromatic carbocycles. The van der Waals surface area contributed by atoms with Crippen LogP contribution in [0.4, 0.5) is 0 Å². The second kappa shape index (κ2) is 3.36. The van der Waals surface area contributed by atoms with Gasteiger partial charge in [-0.05, 0) is 15.9 Å². The van der Waals surface area contributed by atoms with E-state index in [9.17, 15) is 8.42 Å². The van der Waals surface area contributed by atoms with Crippen LogP contribution in [0.1, 0.15) is 0 Å². The van der Waals surface area contributed by atoms with Crippen molar-refractivity contribution < 1.29 is 12.6 Å². The number of nitrogens with zero attached hydrogens (tertiary/aromatic N) is 2. The fraction of sp³-hybridized carbons (Fsp3) is 0.200. The van der Waals surface area contributed by atoms with Crippen molar-refractivity contribution in [2.24, 2.45) is 0 Å². The smallest absolute Gasteiger partial charge is 0.307 e. The first-order valence-electron chi connectivity index (χ1n) is 2.85. The minimum Gasteiger partial charge on any atom is -0.359 e. The van der Waals surface area contributed by atoms with E-state index in [0.29, 0.717) is 0 Å². The molecule has 12 heavy (non-hydrogen) atoms. The van der Waals surface area contributed by atoms with Gasteiger partial charge in [-0.2, -0.15) is 8.42 Å². The van der Waals surface area contributed by atoms with Crippen LogP contribution in [-0.2, 0) is 10.1 Å². The average molecular weight is 253 g/mol.